The van der Waals surface area contributed by atoms with Crippen molar-refractivity contribution >= 4 is 46.4 Å². The van der Waals surface area contributed by atoms with Gasteiger partial charge in [-0.25, -0.2) is 0 Å². The second-order valence-electron chi connectivity index (χ2n) is 11.3. The zero-order chi connectivity index (χ0) is 28.0. The lowest BCUT2D eigenvalue weighted by atomic mass is 9.40. The smallest absolute Gasteiger partial charge is 0.238 e. The summed E-state index contributed by atoms with van der Waals surface area (Å²) in [5, 5.41) is 24.5. The number of allylic oxidation sites excluding steroid dienone is 2. The molecular formula is C30H26N4O6. The molecule has 0 spiro atoms. The van der Waals surface area contributed by atoms with Gasteiger partial charge in [-0.2, -0.15) is 0 Å². The fourth-order valence-electron chi connectivity index (χ4n) is 7.93. The first-order valence-corrected chi connectivity index (χ1v) is 13.3. The number of carbonyl (C=O) groups is 4. The molecule has 0 radical (unpaired) electrons. The number of hydrogen-bond acceptors (Lipinski definition) is 8. The molecule has 10 heteroatoms. The number of imide groups is 2. The highest BCUT2D eigenvalue weighted by molar-refractivity contribution is 6.25. The SMILES string of the molecule is CC(=NO)c1ccc(N2C(=O)C3C4C=CC(C3C2=O)C2C3C(=O)N(c5ccc(C(C)=NO)cc5)C(=O)C3C42)cc1. The topological polar surface area (TPSA) is 140 Å². The lowest BCUT2D eigenvalue weighted by Gasteiger charge is -2.60. The third kappa shape index (κ3) is 2.98. The Bertz CT molecular complexity index is 1520. The number of hydrogen-bond donors (Lipinski definition) is 2. The van der Waals surface area contributed by atoms with Crippen molar-refractivity contribution in [3.63, 3.8) is 0 Å². The van der Waals surface area contributed by atoms with Crippen molar-refractivity contribution in [2.75, 3.05) is 9.80 Å². The Hall–Kier alpha value is -4.60. The van der Waals surface area contributed by atoms with Crippen molar-refractivity contribution in [3.05, 3.63) is 71.8 Å². The van der Waals surface area contributed by atoms with E-state index in [4.69, 9.17) is 10.4 Å². The average Bonchev–Trinajstić information content (AvgIpc) is 3.35. The van der Waals surface area contributed by atoms with Crippen molar-refractivity contribution in [3.8, 4) is 0 Å². The molecular weight excluding hydrogens is 512 g/mol. The molecule has 4 amide bonds. The number of anilines is 2. The first-order valence-electron chi connectivity index (χ1n) is 13.3. The van der Waals surface area contributed by atoms with E-state index in [1.54, 1.807) is 62.4 Å². The van der Waals surface area contributed by atoms with E-state index >= 15 is 0 Å². The Balaban J connectivity index is 1.18. The minimum Gasteiger partial charge on any atom is -0.411 e. The summed E-state index contributed by atoms with van der Waals surface area (Å²) >= 11 is 0. The van der Waals surface area contributed by atoms with Crippen LogP contribution in [0.2, 0.25) is 0 Å². The van der Waals surface area contributed by atoms with E-state index in [2.05, 4.69) is 10.3 Å². The summed E-state index contributed by atoms with van der Waals surface area (Å²) in [6.45, 7) is 3.30. The number of amides is 4. The molecule has 2 saturated heterocycles. The summed E-state index contributed by atoms with van der Waals surface area (Å²) in [5.41, 5.74) is 3.08. The predicted molar refractivity (Wildman–Crippen MR) is 143 cm³/mol. The molecule has 2 heterocycles. The van der Waals surface area contributed by atoms with Crippen LogP contribution in [0, 0.1) is 47.3 Å². The molecule has 4 fully saturated rings. The van der Waals surface area contributed by atoms with E-state index in [0.717, 1.165) is 0 Å². The maximum atomic E-state index is 13.7. The molecule has 8 rings (SSSR count). The lowest BCUT2D eigenvalue weighted by molar-refractivity contribution is -0.166. The minimum atomic E-state index is -0.568. The first kappa shape index (κ1) is 24.4. The van der Waals surface area contributed by atoms with Gasteiger partial charge in [0.1, 0.15) is 0 Å². The Morgan fingerprint density at radius 2 is 0.900 bits per heavy atom. The number of nitrogens with zero attached hydrogens (tertiary/aromatic N) is 4. The molecule has 8 atom stereocenters. The van der Waals surface area contributed by atoms with E-state index in [1.807, 2.05) is 12.2 Å². The van der Waals surface area contributed by atoms with Gasteiger partial charge in [-0.05, 0) is 72.9 Å². The summed E-state index contributed by atoms with van der Waals surface area (Å²) in [6, 6.07) is 13.5. The van der Waals surface area contributed by atoms with Crippen LogP contribution >= 0.6 is 0 Å². The summed E-state index contributed by atoms with van der Waals surface area (Å²) in [4.78, 5) is 57.3. The molecule has 8 unspecified atom stereocenters. The molecule has 2 aliphatic heterocycles. The summed E-state index contributed by atoms with van der Waals surface area (Å²) < 4.78 is 0. The molecule has 2 saturated carbocycles. The average molecular weight is 539 g/mol. The van der Waals surface area contributed by atoms with Crippen LogP contribution in [0.5, 0.6) is 0 Å². The highest BCUT2D eigenvalue weighted by Gasteiger charge is 2.75. The van der Waals surface area contributed by atoms with E-state index in [0.29, 0.717) is 33.9 Å². The van der Waals surface area contributed by atoms with Gasteiger partial charge in [0, 0.05) is 0 Å². The monoisotopic (exact) mass is 538 g/mol. The van der Waals surface area contributed by atoms with Crippen LogP contribution in [0.25, 0.3) is 0 Å². The molecule has 2 N–H and O–H groups in total. The molecule has 2 bridgehead atoms. The van der Waals surface area contributed by atoms with Crippen molar-refractivity contribution in [1.82, 2.24) is 0 Å². The first-order chi connectivity index (χ1) is 19.3. The summed E-state index contributed by atoms with van der Waals surface area (Å²) in [7, 11) is 0. The van der Waals surface area contributed by atoms with E-state index < -0.39 is 23.7 Å². The summed E-state index contributed by atoms with van der Waals surface area (Å²) in [5.74, 6) is -4.20. The predicted octanol–water partition coefficient (Wildman–Crippen LogP) is 3.06. The largest absolute Gasteiger partial charge is 0.411 e. The van der Waals surface area contributed by atoms with Crippen molar-refractivity contribution < 1.29 is 29.6 Å². The van der Waals surface area contributed by atoms with Crippen LogP contribution in [0.15, 0.2) is 71.0 Å². The minimum absolute atomic E-state index is 0.173. The molecule has 0 aromatic heterocycles. The Kier molecular flexibility index (Phi) is 5.16. The van der Waals surface area contributed by atoms with Gasteiger partial charge in [-0.1, -0.05) is 46.7 Å². The second kappa shape index (κ2) is 8.45. The van der Waals surface area contributed by atoms with Crippen molar-refractivity contribution in [2.24, 2.45) is 57.7 Å². The molecule has 6 aliphatic rings. The van der Waals surface area contributed by atoms with Gasteiger partial charge >= 0.3 is 0 Å². The number of carbonyl (C=O) groups excluding carboxylic acids is 4. The van der Waals surface area contributed by atoms with Gasteiger partial charge < -0.3 is 10.4 Å². The third-order valence-corrected chi connectivity index (χ3v) is 9.73. The van der Waals surface area contributed by atoms with Gasteiger partial charge in [-0.3, -0.25) is 29.0 Å². The van der Waals surface area contributed by atoms with E-state index in [-0.39, 0.29) is 47.3 Å². The van der Waals surface area contributed by atoms with Gasteiger partial charge in [0.2, 0.25) is 23.6 Å². The van der Waals surface area contributed by atoms with Crippen LogP contribution in [0.1, 0.15) is 25.0 Å². The maximum Gasteiger partial charge on any atom is 0.238 e. The molecule has 10 nitrogen and oxygen atoms in total. The molecule has 202 valence electrons. The van der Waals surface area contributed by atoms with Crippen LogP contribution in [0.4, 0.5) is 11.4 Å². The highest BCUT2D eigenvalue weighted by atomic mass is 16.4. The molecule has 4 aliphatic carbocycles. The van der Waals surface area contributed by atoms with Crippen LogP contribution in [-0.4, -0.2) is 45.5 Å². The Labute approximate surface area is 229 Å². The Morgan fingerprint density at radius 1 is 0.575 bits per heavy atom. The number of fused-ring (bicyclic) bond motifs is 1. The number of rotatable bonds is 4. The van der Waals surface area contributed by atoms with Gasteiger partial charge in [0.15, 0.2) is 0 Å². The molecule has 2 aromatic carbocycles. The van der Waals surface area contributed by atoms with Crippen LogP contribution in [-0.2, 0) is 19.2 Å². The molecule has 2 aromatic rings. The van der Waals surface area contributed by atoms with Gasteiger partial charge in [-0.15, -0.1) is 0 Å². The van der Waals surface area contributed by atoms with E-state index in [1.165, 1.54) is 9.80 Å². The summed E-state index contributed by atoms with van der Waals surface area (Å²) in [6.07, 6.45) is 3.96. The van der Waals surface area contributed by atoms with Crippen molar-refractivity contribution in [1.29, 1.82) is 0 Å². The standard InChI is InChI=1S/C30H26N4O6/c1-13(31-39)15-3-7-17(8-4-15)33-27(35)23-19-11-12-20(24(23)28(33)36)22-21(19)25-26(22)30(38)34(29(25)37)18-9-5-16(6-10-18)14(2)32-40/h3-12,19-26,39-40H,1-2H3. The number of oxime groups is 2. The third-order valence-electron chi connectivity index (χ3n) is 9.73. The van der Waals surface area contributed by atoms with Crippen LogP contribution in [0.3, 0.4) is 0 Å². The normalized spacial score (nSPS) is 34.2. The van der Waals surface area contributed by atoms with Gasteiger partial charge in [0.05, 0.1) is 46.5 Å². The fraction of sp³-hybridized carbons (Fsp3) is 0.333. The zero-order valence-electron chi connectivity index (χ0n) is 21.7. The zero-order valence-corrected chi connectivity index (χ0v) is 21.7. The maximum absolute atomic E-state index is 13.7. The quantitative estimate of drug-likeness (QED) is 0.202. The highest BCUT2D eigenvalue weighted by Crippen LogP contribution is 2.68. The second-order valence-corrected chi connectivity index (χ2v) is 11.3. The van der Waals surface area contributed by atoms with Gasteiger partial charge in [0.25, 0.3) is 0 Å². The number of benzene rings is 2. The van der Waals surface area contributed by atoms with E-state index in [9.17, 15) is 19.2 Å². The molecule has 40 heavy (non-hydrogen) atoms. The Morgan fingerprint density at radius 3 is 1.23 bits per heavy atom. The fourth-order valence-corrected chi connectivity index (χ4v) is 7.93. The lowest BCUT2D eigenvalue weighted by Crippen LogP contribution is -2.63. The van der Waals surface area contributed by atoms with Crippen LogP contribution < -0.4 is 9.80 Å². The van der Waals surface area contributed by atoms with Crippen molar-refractivity contribution in [2.45, 2.75) is 13.8 Å².